The van der Waals surface area contributed by atoms with E-state index in [1.54, 1.807) is 4.90 Å². The van der Waals surface area contributed by atoms with Crippen LogP contribution in [0.25, 0.3) is 5.69 Å². The molecule has 7 heteroatoms. The molecule has 0 saturated carbocycles. The molecule has 7 nitrogen and oxygen atoms in total. The lowest BCUT2D eigenvalue weighted by Gasteiger charge is -2.29. The summed E-state index contributed by atoms with van der Waals surface area (Å²) in [4.78, 5) is 17.5. The molecule has 34 heavy (non-hydrogen) atoms. The van der Waals surface area contributed by atoms with Crippen molar-refractivity contribution in [1.82, 2.24) is 9.47 Å². The topological polar surface area (TPSA) is 56.2 Å². The summed E-state index contributed by atoms with van der Waals surface area (Å²) in [6.45, 7) is 9.03. The Labute approximate surface area is 200 Å². The number of fused-ring (bicyclic) bond motifs is 1. The molecule has 0 unspecified atom stereocenters. The molecule has 1 amide bonds. The van der Waals surface area contributed by atoms with E-state index in [1.807, 2.05) is 45.2 Å². The SMILES string of the molecule is Cc1cc(C(=O)N(C)Cc2ccc(N3CCOCC3)cc2)c(C)n1-c1ccc2c(c1)OCCO2. The summed E-state index contributed by atoms with van der Waals surface area (Å²) in [5.41, 5.74) is 5.88. The zero-order chi connectivity index (χ0) is 23.7. The Bertz CT molecular complexity index is 1180. The number of hydrogen-bond acceptors (Lipinski definition) is 5. The van der Waals surface area contributed by atoms with Gasteiger partial charge in [0.1, 0.15) is 13.2 Å². The normalized spacial score (nSPS) is 15.3. The molecule has 2 aliphatic rings. The Kier molecular flexibility index (Phi) is 6.20. The van der Waals surface area contributed by atoms with Crippen LogP contribution in [-0.2, 0) is 11.3 Å². The van der Waals surface area contributed by atoms with Gasteiger partial charge in [-0.05, 0) is 49.7 Å². The zero-order valence-electron chi connectivity index (χ0n) is 20.0. The van der Waals surface area contributed by atoms with Crippen LogP contribution >= 0.6 is 0 Å². The smallest absolute Gasteiger partial charge is 0.255 e. The predicted octanol–water partition coefficient (Wildman–Crippen LogP) is 3.97. The van der Waals surface area contributed by atoms with Gasteiger partial charge in [-0.15, -0.1) is 0 Å². The first-order valence-electron chi connectivity index (χ1n) is 11.8. The minimum atomic E-state index is 0.00847. The van der Waals surface area contributed by atoms with Gasteiger partial charge in [0.25, 0.3) is 5.91 Å². The number of amides is 1. The molecule has 0 bridgehead atoms. The van der Waals surface area contributed by atoms with Gasteiger partial charge in [0.15, 0.2) is 11.5 Å². The van der Waals surface area contributed by atoms with Crippen molar-refractivity contribution in [2.24, 2.45) is 0 Å². The third kappa shape index (κ3) is 4.35. The summed E-state index contributed by atoms with van der Waals surface area (Å²) >= 11 is 0. The van der Waals surface area contributed by atoms with Gasteiger partial charge in [0, 0.05) is 55.5 Å². The highest BCUT2D eigenvalue weighted by Crippen LogP contribution is 2.33. The Morgan fingerprint density at radius 1 is 0.882 bits per heavy atom. The minimum absolute atomic E-state index is 0.00847. The van der Waals surface area contributed by atoms with E-state index in [1.165, 1.54) is 5.69 Å². The predicted molar refractivity (Wildman–Crippen MR) is 132 cm³/mol. The fourth-order valence-corrected chi connectivity index (χ4v) is 4.73. The van der Waals surface area contributed by atoms with Crippen LogP contribution in [0.3, 0.4) is 0 Å². The van der Waals surface area contributed by atoms with Crippen LogP contribution in [-0.4, -0.2) is 61.9 Å². The standard InChI is InChI=1S/C27H31N3O4/c1-19-16-24(20(2)30(19)23-8-9-25-26(17-23)34-15-14-33-25)27(31)28(3)18-21-4-6-22(7-5-21)29-10-12-32-13-11-29/h4-9,16-17H,10-15,18H2,1-3H3. The largest absolute Gasteiger partial charge is 0.486 e. The van der Waals surface area contributed by atoms with E-state index in [0.29, 0.717) is 25.3 Å². The molecule has 178 valence electrons. The highest BCUT2D eigenvalue weighted by Gasteiger charge is 2.21. The van der Waals surface area contributed by atoms with Crippen molar-refractivity contribution in [3.63, 3.8) is 0 Å². The van der Waals surface area contributed by atoms with Gasteiger partial charge in [-0.2, -0.15) is 0 Å². The van der Waals surface area contributed by atoms with Gasteiger partial charge in [-0.25, -0.2) is 0 Å². The van der Waals surface area contributed by atoms with Crippen LogP contribution in [0.2, 0.25) is 0 Å². The number of morpholine rings is 1. The molecule has 0 aliphatic carbocycles. The highest BCUT2D eigenvalue weighted by molar-refractivity contribution is 5.95. The lowest BCUT2D eigenvalue weighted by atomic mass is 10.1. The second-order valence-corrected chi connectivity index (χ2v) is 8.88. The Morgan fingerprint density at radius 3 is 2.29 bits per heavy atom. The Balaban J connectivity index is 1.32. The van der Waals surface area contributed by atoms with Crippen LogP contribution in [0.15, 0.2) is 48.5 Å². The van der Waals surface area contributed by atoms with Crippen molar-refractivity contribution in [3.05, 3.63) is 71.0 Å². The van der Waals surface area contributed by atoms with Crippen molar-refractivity contribution in [2.75, 3.05) is 51.5 Å². The number of aryl methyl sites for hydroxylation is 1. The molecular weight excluding hydrogens is 430 g/mol. The summed E-state index contributed by atoms with van der Waals surface area (Å²) in [7, 11) is 1.86. The van der Waals surface area contributed by atoms with E-state index in [9.17, 15) is 4.79 Å². The van der Waals surface area contributed by atoms with E-state index < -0.39 is 0 Å². The molecule has 0 radical (unpaired) electrons. The molecule has 0 N–H and O–H groups in total. The monoisotopic (exact) mass is 461 g/mol. The number of benzene rings is 2. The molecule has 2 aromatic carbocycles. The maximum Gasteiger partial charge on any atom is 0.255 e. The molecular formula is C27H31N3O4. The third-order valence-corrected chi connectivity index (χ3v) is 6.52. The molecule has 1 fully saturated rings. The second kappa shape index (κ2) is 9.43. The van der Waals surface area contributed by atoms with Crippen molar-refractivity contribution in [3.8, 4) is 17.2 Å². The first kappa shape index (κ1) is 22.3. The van der Waals surface area contributed by atoms with Crippen LogP contribution in [0.1, 0.15) is 27.3 Å². The number of ether oxygens (including phenoxy) is 3. The molecule has 1 saturated heterocycles. The maximum absolute atomic E-state index is 13.4. The fraction of sp³-hybridized carbons (Fsp3) is 0.370. The summed E-state index contributed by atoms with van der Waals surface area (Å²) in [5.74, 6) is 1.50. The number of nitrogens with zero attached hydrogens (tertiary/aromatic N) is 3. The van der Waals surface area contributed by atoms with Crippen molar-refractivity contribution in [2.45, 2.75) is 20.4 Å². The molecule has 3 heterocycles. The van der Waals surface area contributed by atoms with E-state index in [4.69, 9.17) is 14.2 Å². The molecule has 0 spiro atoms. The van der Waals surface area contributed by atoms with Crippen molar-refractivity contribution < 1.29 is 19.0 Å². The van der Waals surface area contributed by atoms with Crippen molar-refractivity contribution in [1.29, 1.82) is 0 Å². The van der Waals surface area contributed by atoms with E-state index >= 15 is 0 Å². The summed E-state index contributed by atoms with van der Waals surface area (Å²) in [5, 5.41) is 0. The average molecular weight is 462 g/mol. The first-order chi connectivity index (χ1) is 16.5. The molecule has 1 aromatic heterocycles. The number of carbonyl (C=O) groups is 1. The fourth-order valence-electron chi connectivity index (χ4n) is 4.73. The van der Waals surface area contributed by atoms with E-state index in [-0.39, 0.29) is 5.91 Å². The van der Waals surface area contributed by atoms with Crippen LogP contribution in [0.4, 0.5) is 5.69 Å². The molecule has 2 aliphatic heterocycles. The highest BCUT2D eigenvalue weighted by atomic mass is 16.6. The van der Waals surface area contributed by atoms with Crippen LogP contribution < -0.4 is 14.4 Å². The molecule has 0 atom stereocenters. The Hall–Kier alpha value is -3.45. The van der Waals surface area contributed by atoms with E-state index in [2.05, 4.69) is 33.7 Å². The first-order valence-corrected chi connectivity index (χ1v) is 11.8. The number of hydrogen-bond donors (Lipinski definition) is 0. The van der Waals surface area contributed by atoms with Gasteiger partial charge in [-0.3, -0.25) is 4.79 Å². The van der Waals surface area contributed by atoms with Gasteiger partial charge < -0.3 is 28.6 Å². The van der Waals surface area contributed by atoms with Crippen LogP contribution in [0.5, 0.6) is 11.5 Å². The number of carbonyl (C=O) groups excluding carboxylic acids is 1. The number of anilines is 1. The quantitative estimate of drug-likeness (QED) is 0.576. The number of rotatable bonds is 5. The average Bonchev–Trinajstić information content (AvgIpc) is 3.17. The summed E-state index contributed by atoms with van der Waals surface area (Å²) in [6, 6.07) is 16.3. The van der Waals surface area contributed by atoms with Crippen LogP contribution in [0, 0.1) is 13.8 Å². The lowest BCUT2D eigenvalue weighted by Crippen LogP contribution is -2.36. The number of aromatic nitrogens is 1. The maximum atomic E-state index is 13.4. The summed E-state index contributed by atoms with van der Waals surface area (Å²) in [6.07, 6.45) is 0. The second-order valence-electron chi connectivity index (χ2n) is 8.88. The van der Waals surface area contributed by atoms with Gasteiger partial charge in [-0.1, -0.05) is 12.1 Å². The summed E-state index contributed by atoms with van der Waals surface area (Å²) < 4.78 is 18.9. The van der Waals surface area contributed by atoms with Gasteiger partial charge in [0.05, 0.1) is 18.8 Å². The molecule has 5 rings (SSSR count). The molecule has 3 aromatic rings. The van der Waals surface area contributed by atoms with E-state index in [0.717, 1.165) is 60.4 Å². The minimum Gasteiger partial charge on any atom is -0.486 e. The third-order valence-electron chi connectivity index (χ3n) is 6.52. The van der Waals surface area contributed by atoms with Gasteiger partial charge in [0.2, 0.25) is 0 Å². The zero-order valence-corrected chi connectivity index (χ0v) is 20.0. The Morgan fingerprint density at radius 2 is 1.56 bits per heavy atom. The lowest BCUT2D eigenvalue weighted by molar-refractivity contribution is 0.0784. The van der Waals surface area contributed by atoms with Gasteiger partial charge >= 0.3 is 0 Å². The van der Waals surface area contributed by atoms with Crippen molar-refractivity contribution >= 4 is 11.6 Å².